The van der Waals surface area contributed by atoms with Gasteiger partial charge in [0.05, 0.1) is 19.0 Å². The summed E-state index contributed by atoms with van der Waals surface area (Å²) in [5, 5.41) is 2.84. The topological polar surface area (TPSA) is 54.5 Å². The van der Waals surface area contributed by atoms with Crippen LogP contribution in [0.25, 0.3) is 0 Å². The van der Waals surface area contributed by atoms with Gasteiger partial charge >= 0.3 is 0 Å². The van der Waals surface area contributed by atoms with Crippen LogP contribution in [-0.2, 0) is 0 Å². The first-order valence-electron chi connectivity index (χ1n) is 8.32. The first-order valence-corrected chi connectivity index (χ1v) is 8.32. The van der Waals surface area contributed by atoms with Gasteiger partial charge in [-0.3, -0.25) is 4.79 Å². The molecular formula is C19H23N3O2. The Morgan fingerprint density at radius 2 is 2.04 bits per heavy atom. The molecule has 0 aliphatic carbocycles. The molecule has 0 bridgehead atoms. The van der Waals surface area contributed by atoms with Crippen molar-refractivity contribution in [1.29, 1.82) is 0 Å². The van der Waals surface area contributed by atoms with E-state index in [1.165, 1.54) is 12.8 Å². The van der Waals surface area contributed by atoms with Gasteiger partial charge in [-0.15, -0.1) is 0 Å². The fraction of sp³-hybridized carbons (Fsp3) is 0.368. The lowest BCUT2D eigenvalue weighted by molar-refractivity contribution is 0.102. The molecule has 5 heteroatoms. The second-order valence-electron chi connectivity index (χ2n) is 6.28. The molecule has 1 aromatic carbocycles. The van der Waals surface area contributed by atoms with E-state index >= 15 is 0 Å². The lowest BCUT2D eigenvalue weighted by atomic mass is 10.00. The number of nitrogens with one attached hydrogen (secondary N) is 1. The highest BCUT2D eigenvalue weighted by Crippen LogP contribution is 2.22. The molecule has 1 N–H and O–H groups in total. The molecule has 24 heavy (non-hydrogen) atoms. The second-order valence-corrected chi connectivity index (χ2v) is 6.28. The van der Waals surface area contributed by atoms with Gasteiger partial charge in [0.2, 0.25) is 0 Å². The minimum Gasteiger partial charge on any atom is -0.497 e. The molecule has 1 aliphatic heterocycles. The fourth-order valence-electron chi connectivity index (χ4n) is 3.00. The van der Waals surface area contributed by atoms with Crippen molar-refractivity contribution < 1.29 is 9.53 Å². The summed E-state index contributed by atoms with van der Waals surface area (Å²) in [6.45, 7) is 4.39. The van der Waals surface area contributed by atoms with Gasteiger partial charge in [0.15, 0.2) is 0 Å². The van der Waals surface area contributed by atoms with Gasteiger partial charge in [-0.05, 0) is 55.2 Å². The van der Waals surface area contributed by atoms with Crippen LogP contribution in [0, 0.1) is 5.92 Å². The number of aromatic nitrogens is 1. The molecule has 2 heterocycles. The third-order valence-electron chi connectivity index (χ3n) is 4.35. The summed E-state index contributed by atoms with van der Waals surface area (Å²) in [6.07, 6.45) is 4.29. The number of piperidine rings is 1. The van der Waals surface area contributed by atoms with Crippen LogP contribution < -0.4 is 15.0 Å². The minimum absolute atomic E-state index is 0.210. The maximum atomic E-state index is 12.3. The van der Waals surface area contributed by atoms with E-state index in [1.807, 2.05) is 18.2 Å². The van der Waals surface area contributed by atoms with Crippen molar-refractivity contribution in [3.63, 3.8) is 0 Å². The van der Waals surface area contributed by atoms with Crippen molar-refractivity contribution in [2.24, 2.45) is 5.92 Å². The van der Waals surface area contributed by atoms with Crippen molar-refractivity contribution in [3.8, 4) is 5.75 Å². The van der Waals surface area contributed by atoms with E-state index in [2.05, 4.69) is 22.1 Å². The van der Waals surface area contributed by atoms with Crippen LogP contribution in [0.15, 0.2) is 42.6 Å². The van der Waals surface area contributed by atoms with E-state index in [-0.39, 0.29) is 5.91 Å². The highest BCUT2D eigenvalue weighted by molar-refractivity contribution is 6.02. The molecule has 1 aliphatic rings. The fourth-order valence-corrected chi connectivity index (χ4v) is 3.00. The van der Waals surface area contributed by atoms with E-state index < -0.39 is 0 Å². The normalized spacial score (nSPS) is 17.4. The first kappa shape index (κ1) is 16.3. The Balaban J connectivity index is 1.64. The van der Waals surface area contributed by atoms with Crippen molar-refractivity contribution in [2.75, 3.05) is 30.4 Å². The van der Waals surface area contributed by atoms with E-state index in [0.29, 0.717) is 11.6 Å². The van der Waals surface area contributed by atoms with Crippen LogP contribution in [0.1, 0.15) is 30.3 Å². The summed E-state index contributed by atoms with van der Waals surface area (Å²) in [7, 11) is 1.61. The number of rotatable bonds is 4. The number of hydrogen-bond donors (Lipinski definition) is 1. The van der Waals surface area contributed by atoms with Gasteiger partial charge in [0, 0.05) is 18.8 Å². The molecule has 1 saturated heterocycles. The zero-order valence-electron chi connectivity index (χ0n) is 14.2. The number of pyridine rings is 1. The SMILES string of the molecule is COc1ccc(NC(=O)c2ccc(N3CCCC(C)C3)cn2)cc1. The Morgan fingerprint density at radius 3 is 2.67 bits per heavy atom. The Hall–Kier alpha value is -2.56. The summed E-state index contributed by atoms with van der Waals surface area (Å²) in [5.74, 6) is 1.25. The lowest BCUT2D eigenvalue weighted by Gasteiger charge is -2.32. The number of hydrogen-bond acceptors (Lipinski definition) is 4. The van der Waals surface area contributed by atoms with Crippen LogP contribution >= 0.6 is 0 Å². The number of nitrogens with zero attached hydrogens (tertiary/aromatic N) is 2. The number of ether oxygens (including phenoxy) is 1. The highest BCUT2D eigenvalue weighted by atomic mass is 16.5. The standard InChI is InChI=1S/C19H23N3O2/c1-14-4-3-11-22(13-14)16-7-10-18(20-12-16)19(23)21-15-5-8-17(24-2)9-6-15/h5-10,12,14H,3-4,11,13H2,1-2H3,(H,21,23). The van der Waals surface area contributed by atoms with Gasteiger partial charge in [-0.1, -0.05) is 6.92 Å². The molecule has 1 amide bonds. The summed E-state index contributed by atoms with van der Waals surface area (Å²) in [4.78, 5) is 19.0. The molecule has 1 atom stereocenters. The summed E-state index contributed by atoms with van der Waals surface area (Å²) in [6, 6.07) is 11.0. The third-order valence-corrected chi connectivity index (χ3v) is 4.35. The largest absolute Gasteiger partial charge is 0.497 e. The van der Waals surface area contributed by atoms with Crippen LogP contribution in [0.2, 0.25) is 0 Å². The molecule has 1 aromatic heterocycles. The third kappa shape index (κ3) is 3.85. The van der Waals surface area contributed by atoms with Crippen LogP contribution in [0.5, 0.6) is 5.75 Å². The zero-order chi connectivity index (χ0) is 16.9. The van der Waals surface area contributed by atoms with E-state index in [0.717, 1.165) is 30.2 Å². The monoisotopic (exact) mass is 325 g/mol. The van der Waals surface area contributed by atoms with Gasteiger partial charge in [-0.25, -0.2) is 4.98 Å². The van der Waals surface area contributed by atoms with Crippen molar-refractivity contribution in [3.05, 3.63) is 48.3 Å². The average Bonchev–Trinajstić information content (AvgIpc) is 2.62. The second kappa shape index (κ2) is 7.34. The Morgan fingerprint density at radius 1 is 1.25 bits per heavy atom. The van der Waals surface area contributed by atoms with Crippen molar-refractivity contribution in [1.82, 2.24) is 4.98 Å². The molecule has 1 fully saturated rings. The van der Waals surface area contributed by atoms with Gasteiger partial charge in [0.1, 0.15) is 11.4 Å². The van der Waals surface area contributed by atoms with Gasteiger partial charge in [-0.2, -0.15) is 0 Å². The summed E-state index contributed by atoms with van der Waals surface area (Å²) >= 11 is 0. The van der Waals surface area contributed by atoms with Crippen molar-refractivity contribution in [2.45, 2.75) is 19.8 Å². The summed E-state index contributed by atoms with van der Waals surface area (Å²) < 4.78 is 5.11. The molecule has 0 spiro atoms. The maximum absolute atomic E-state index is 12.3. The van der Waals surface area contributed by atoms with Crippen LogP contribution in [0.4, 0.5) is 11.4 Å². The van der Waals surface area contributed by atoms with E-state index in [1.54, 1.807) is 31.5 Å². The number of carbonyl (C=O) groups is 1. The maximum Gasteiger partial charge on any atom is 0.274 e. The molecule has 126 valence electrons. The van der Waals surface area contributed by atoms with E-state index in [4.69, 9.17) is 4.74 Å². The number of methoxy groups -OCH3 is 1. The Bertz CT molecular complexity index is 683. The number of carbonyl (C=O) groups excluding carboxylic acids is 1. The quantitative estimate of drug-likeness (QED) is 0.933. The Kier molecular flexibility index (Phi) is 4.99. The summed E-state index contributed by atoms with van der Waals surface area (Å²) in [5.41, 5.74) is 2.22. The molecule has 2 aromatic rings. The number of amides is 1. The first-order chi connectivity index (χ1) is 11.7. The van der Waals surface area contributed by atoms with Crippen LogP contribution in [0.3, 0.4) is 0 Å². The molecule has 0 radical (unpaired) electrons. The highest BCUT2D eigenvalue weighted by Gasteiger charge is 2.17. The lowest BCUT2D eigenvalue weighted by Crippen LogP contribution is -2.34. The molecule has 0 saturated carbocycles. The smallest absolute Gasteiger partial charge is 0.274 e. The molecule has 3 rings (SSSR count). The molecule has 1 unspecified atom stereocenters. The van der Waals surface area contributed by atoms with Crippen molar-refractivity contribution >= 4 is 17.3 Å². The average molecular weight is 325 g/mol. The zero-order valence-corrected chi connectivity index (χ0v) is 14.2. The predicted octanol–water partition coefficient (Wildman–Crippen LogP) is 3.58. The predicted molar refractivity (Wildman–Crippen MR) is 95.8 cm³/mol. The van der Waals surface area contributed by atoms with Crippen LogP contribution in [-0.4, -0.2) is 31.1 Å². The number of anilines is 2. The van der Waals surface area contributed by atoms with E-state index in [9.17, 15) is 4.79 Å². The number of benzene rings is 1. The molecule has 5 nitrogen and oxygen atoms in total. The van der Waals surface area contributed by atoms with Gasteiger partial charge in [0.25, 0.3) is 5.91 Å². The molecular weight excluding hydrogens is 302 g/mol. The van der Waals surface area contributed by atoms with Gasteiger partial charge < -0.3 is 15.0 Å². The Labute approximate surface area is 142 Å². The minimum atomic E-state index is -0.210.